The third-order valence-electron chi connectivity index (χ3n) is 12.0. The number of esters is 1. The third kappa shape index (κ3) is 30.9. The van der Waals surface area contributed by atoms with Gasteiger partial charge in [0, 0.05) is 87.5 Å². The van der Waals surface area contributed by atoms with Crippen molar-refractivity contribution in [3.05, 3.63) is 0 Å². The average molecular weight is 1200 g/mol. The molecule has 5 amide bonds. The SMILES string of the molecule is C.C#CC.CC(C)(C)OC(=O)N1CCC(F)(C(=O)O)C1.CN(C)C(=O)C1(F)CCN(C(=O)OC(C)(C)C)C1.CN(C)CC1(F)CCCC1.CN(C)CC1(F)CCN(C(=O)OC(C)(C)C)C1.COC(=O)C1(F)CCN(C(=O)OC(C)(C)C)C1.[B]. The van der Waals surface area contributed by atoms with Gasteiger partial charge in [-0.3, -0.25) is 4.79 Å². The number of likely N-dealkylation sites (tertiary alicyclic amines) is 4. The van der Waals surface area contributed by atoms with Crippen molar-refractivity contribution in [3.8, 4) is 12.3 Å². The predicted molar refractivity (Wildman–Crippen MR) is 310 cm³/mol. The molecule has 0 aromatic carbocycles. The fourth-order valence-electron chi connectivity index (χ4n) is 8.61. The van der Waals surface area contributed by atoms with Crippen LogP contribution >= 0.6 is 0 Å². The molecule has 0 aromatic rings. The second kappa shape index (κ2) is 33.4. The zero-order chi connectivity index (χ0) is 63.6. The number of aliphatic carboxylic acids is 1. The summed E-state index contributed by atoms with van der Waals surface area (Å²) in [6.45, 7) is 23.5. The number of rotatable bonds is 7. The first-order valence-corrected chi connectivity index (χ1v) is 27.1. The minimum atomic E-state index is -2.34. The molecule has 0 spiro atoms. The van der Waals surface area contributed by atoms with Crippen LogP contribution in [0.25, 0.3) is 0 Å². The number of hydrogen-bond acceptors (Lipinski definition) is 14. The highest BCUT2D eigenvalue weighted by molar-refractivity contribution is 5.86. The molecule has 5 aliphatic rings. The summed E-state index contributed by atoms with van der Waals surface area (Å²) in [5.41, 5.74) is -11.0. The van der Waals surface area contributed by atoms with E-state index in [1.165, 1.54) is 33.7 Å². The van der Waals surface area contributed by atoms with Crippen molar-refractivity contribution in [1.82, 2.24) is 34.3 Å². The number of ether oxygens (including phenoxy) is 5. The van der Waals surface area contributed by atoms with E-state index >= 15 is 0 Å². The van der Waals surface area contributed by atoms with Gasteiger partial charge in [-0.15, -0.1) is 12.3 Å². The van der Waals surface area contributed by atoms with Gasteiger partial charge >= 0.3 is 36.3 Å². The van der Waals surface area contributed by atoms with Crippen LogP contribution < -0.4 is 0 Å². The van der Waals surface area contributed by atoms with E-state index in [9.17, 15) is 55.5 Å². The molecular weight excluding hydrogens is 1100 g/mol. The highest BCUT2D eigenvalue weighted by Gasteiger charge is 2.51. The number of hydrogen-bond donors (Lipinski definition) is 1. The molecule has 1 N–H and O–H groups in total. The summed E-state index contributed by atoms with van der Waals surface area (Å²) in [5.74, 6) is -0.823. The summed E-state index contributed by atoms with van der Waals surface area (Å²) < 4.78 is 94.7. The Morgan fingerprint density at radius 3 is 1.07 bits per heavy atom. The van der Waals surface area contributed by atoms with Crippen molar-refractivity contribution in [1.29, 1.82) is 0 Å². The standard InChI is InChI=1S/C12H21FN2O3.C12H23FN2O2.C11H18FNO4.C10H16FNO4.C8H16FN.C3H4.CH4.B/c1-11(2,3)18-10(17)15-7-6-12(13,8-15)9(16)14(4)5;1-11(2,3)17-10(16)15-7-6-12(13,9-15)8-14(4)5;1-10(2,3)17-9(15)13-6-5-11(12,7-13)8(14)16-4;1-9(2,3)16-8(15)12-5-4-10(11,6-12)7(13)14;1-10(2)7-8(9)5-3-4-6-8;1-3-2;;/h6-8H2,1-5H3;6-9H2,1-5H3;5-7H2,1-4H3;4-6H2,1-3H3,(H,13,14);3-7H2,1-2H3;1H,2H3;1H4;. The van der Waals surface area contributed by atoms with E-state index < -0.39 is 99.5 Å². The molecule has 20 nitrogen and oxygen atoms in total. The van der Waals surface area contributed by atoms with Gasteiger partial charge in [0.1, 0.15) is 33.7 Å². The Hall–Kier alpha value is -5.32. The van der Waals surface area contributed by atoms with Crippen LogP contribution in [0.15, 0.2) is 0 Å². The number of amides is 5. The molecule has 5 rings (SSSR count). The van der Waals surface area contributed by atoms with E-state index in [1.807, 2.05) is 53.9 Å². The molecule has 1 aliphatic carbocycles. The molecule has 4 aliphatic heterocycles. The minimum Gasteiger partial charge on any atom is -0.479 e. The number of alkyl halides is 5. The van der Waals surface area contributed by atoms with Gasteiger partial charge in [0.15, 0.2) is 0 Å². The molecule has 4 unspecified atom stereocenters. The van der Waals surface area contributed by atoms with Crippen molar-refractivity contribution in [3.63, 3.8) is 0 Å². The highest BCUT2D eigenvalue weighted by Crippen LogP contribution is 2.34. The summed E-state index contributed by atoms with van der Waals surface area (Å²) in [4.78, 5) is 90.1. The maximum absolute atomic E-state index is 14.4. The normalized spacial score (nSPS) is 23.4. The Labute approximate surface area is 494 Å². The second-order valence-electron chi connectivity index (χ2n) is 25.8. The molecule has 0 aromatic heterocycles. The number of carbonyl (C=O) groups excluding carboxylic acids is 6. The number of nitrogens with zero attached hydrogens (tertiary/aromatic N) is 7. The van der Waals surface area contributed by atoms with Gasteiger partial charge in [-0.05, 0) is 131 Å². The van der Waals surface area contributed by atoms with Crippen LogP contribution in [0.5, 0.6) is 0 Å². The number of terminal acetylenes is 1. The Morgan fingerprint density at radius 2 is 0.783 bits per heavy atom. The van der Waals surface area contributed by atoms with Crippen LogP contribution in [0.1, 0.15) is 149 Å². The predicted octanol–water partition coefficient (Wildman–Crippen LogP) is 8.97. The Bertz CT molecular complexity index is 2130. The minimum absolute atomic E-state index is 0. The molecule has 0 bridgehead atoms. The average Bonchev–Trinajstić information content (AvgIpc) is 4.14. The van der Waals surface area contributed by atoms with Crippen molar-refractivity contribution in [2.24, 2.45) is 0 Å². The van der Waals surface area contributed by atoms with E-state index in [0.29, 0.717) is 26.1 Å². The Kier molecular flexibility index (Phi) is 33.0. The molecule has 26 heteroatoms. The number of carbonyl (C=O) groups is 7. The van der Waals surface area contributed by atoms with Gasteiger partial charge in [0.05, 0.1) is 33.3 Å². The Balaban J connectivity index is -0.000000954. The molecule has 4 heterocycles. The zero-order valence-corrected chi connectivity index (χ0v) is 52.7. The largest absolute Gasteiger partial charge is 0.479 e. The summed E-state index contributed by atoms with van der Waals surface area (Å²) in [6.07, 6.45) is 6.15. The molecule has 1 saturated carbocycles. The van der Waals surface area contributed by atoms with Gasteiger partial charge in [-0.25, -0.2) is 50.7 Å². The van der Waals surface area contributed by atoms with Gasteiger partial charge in [-0.1, -0.05) is 20.3 Å². The lowest BCUT2D eigenvalue weighted by Crippen LogP contribution is -2.46. The fraction of sp³-hybridized carbons (Fsp3) is 0.842. The first kappa shape index (κ1) is 81.9. The number of methoxy groups -OCH3 is 1. The summed E-state index contributed by atoms with van der Waals surface area (Å²) in [6, 6.07) is 0. The van der Waals surface area contributed by atoms with Crippen molar-refractivity contribution in [2.75, 3.05) is 115 Å². The highest BCUT2D eigenvalue weighted by atomic mass is 19.2. The summed E-state index contributed by atoms with van der Waals surface area (Å²) in [5, 5.41) is 8.65. The lowest BCUT2D eigenvalue weighted by molar-refractivity contribution is -0.153. The number of carboxylic acids is 1. The van der Waals surface area contributed by atoms with Gasteiger partial charge in [0.25, 0.3) is 5.91 Å². The quantitative estimate of drug-likeness (QED) is 0.0830. The van der Waals surface area contributed by atoms with E-state index in [1.54, 1.807) is 74.1 Å². The van der Waals surface area contributed by atoms with Crippen molar-refractivity contribution >= 4 is 50.6 Å². The zero-order valence-electron chi connectivity index (χ0n) is 52.7. The van der Waals surface area contributed by atoms with Crippen LogP contribution in [0.3, 0.4) is 0 Å². The van der Waals surface area contributed by atoms with Crippen LogP contribution in [0, 0.1) is 12.3 Å². The second-order valence-corrected chi connectivity index (χ2v) is 25.8. The van der Waals surface area contributed by atoms with Gasteiger partial charge < -0.3 is 63.1 Å². The van der Waals surface area contributed by atoms with Gasteiger partial charge in [0.2, 0.25) is 17.0 Å². The maximum Gasteiger partial charge on any atom is 0.410 e. The summed E-state index contributed by atoms with van der Waals surface area (Å²) in [7, 11) is 11.6. The fourth-order valence-corrected chi connectivity index (χ4v) is 8.61. The summed E-state index contributed by atoms with van der Waals surface area (Å²) >= 11 is 0. The topological polar surface area (TPSA) is 209 Å². The smallest absolute Gasteiger partial charge is 0.410 e. The van der Waals surface area contributed by atoms with Crippen LogP contribution in [-0.2, 0) is 38.1 Å². The molecule has 4 saturated heterocycles. The van der Waals surface area contributed by atoms with E-state index in [2.05, 4.69) is 17.1 Å². The molecule has 3 radical (unpaired) electrons. The van der Waals surface area contributed by atoms with E-state index in [-0.39, 0.29) is 74.4 Å². The van der Waals surface area contributed by atoms with Crippen LogP contribution in [0.2, 0.25) is 0 Å². The van der Waals surface area contributed by atoms with Crippen molar-refractivity contribution < 1.29 is 84.3 Å². The molecule has 4 atom stereocenters. The Morgan fingerprint density at radius 1 is 0.506 bits per heavy atom. The van der Waals surface area contributed by atoms with E-state index in [0.717, 1.165) is 37.7 Å². The van der Waals surface area contributed by atoms with Crippen LogP contribution in [0.4, 0.5) is 41.1 Å². The lowest BCUT2D eigenvalue weighted by Gasteiger charge is -2.26. The van der Waals surface area contributed by atoms with Crippen LogP contribution in [-0.4, -0.2) is 256 Å². The molecule has 481 valence electrons. The monoisotopic (exact) mass is 1200 g/mol. The maximum atomic E-state index is 14.4. The molecule has 5 fully saturated rings. The lowest BCUT2D eigenvalue weighted by atomic mass is 10.0. The number of halogens is 5. The number of carboxylic acid groups (broad SMARTS) is 1. The molecule has 83 heavy (non-hydrogen) atoms. The first-order chi connectivity index (χ1) is 36.5. The van der Waals surface area contributed by atoms with E-state index in [4.69, 9.17) is 24.1 Å². The van der Waals surface area contributed by atoms with Crippen molar-refractivity contribution in [2.45, 2.75) is 200 Å². The first-order valence-electron chi connectivity index (χ1n) is 27.1. The molecular formula is C57H102BF5N7O13. The van der Waals surface area contributed by atoms with Gasteiger partial charge in [-0.2, -0.15) is 0 Å². The third-order valence-corrected chi connectivity index (χ3v) is 12.0.